The highest BCUT2D eigenvalue weighted by Crippen LogP contribution is 2.22. The first-order chi connectivity index (χ1) is 9.66. The van der Waals surface area contributed by atoms with Gasteiger partial charge in [-0.05, 0) is 37.8 Å². The molecule has 1 aromatic rings. The van der Waals surface area contributed by atoms with Gasteiger partial charge in [-0.1, -0.05) is 19.3 Å². The fraction of sp³-hybridized carbons (Fsp3) is 0.600. The summed E-state index contributed by atoms with van der Waals surface area (Å²) in [6.45, 7) is 2.39. The SMILES string of the molecule is CC(NC(=O)c1ccco1)C(=O)NCC1CCCCC1. The molecule has 2 rings (SSSR count). The molecule has 1 aromatic heterocycles. The molecule has 0 bridgehead atoms. The number of rotatable bonds is 5. The van der Waals surface area contributed by atoms with Crippen molar-refractivity contribution in [2.45, 2.75) is 45.1 Å². The third-order valence-electron chi connectivity index (χ3n) is 3.78. The van der Waals surface area contributed by atoms with Gasteiger partial charge in [0, 0.05) is 6.54 Å². The van der Waals surface area contributed by atoms with Crippen LogP contribution in [0.25, 0.3) is 0 Å². The van der Waals surface area contributed by atoms with E-state index >= 15 is 0 Å². The fourth-order valence-electron chi connectivity index (χ4n) is 2.53. The third-order valence-corrected chi connectivity index (χ3v) is 3.78. The molecular formula is C15H22N2O3. The second-order valence-electron chi connectivity index (χ2n) is 5.42. The number of nitrogens with one attached hydrogen (secondary N) is 2. The van der Waals surface area contributed by atoms with Crippen molar-refractivity contribution in [3.05, 3.63) is 24.2 Å². The molecule has 0 saturated heterocycles. The Morgan fingerprint density at radius 1 is 1.35 bits per heavy atom. The summed E-state index contributed by atoms with van der Waals surface area (Å²) in [5.74, 6) is 0.295. The maximum Gasteiger partial charge on any atom is 0.287 e. The summed E-state index contributed by atoms with van der Waals surface area (Å²) in [5, 5.41) is 5.54. The lowest BCUT2D eigenvalue weighted by Crippen LogP contribution is -2.46. The smallest absolute Gasteiger partial charge is 0.287 e. The van der Waals surface area contributed by atoms with Crippen LogP contribution in [0, 0.1) is 5.92 Å². The molecule has 1 saturated carbocycles. The molecule has 0 radical (unpaired) electrons. The molecule has 1 aliphatic carbocycles. The van der Waals surface area contributed by atoms with Gasteiger partial charge in [0.15, 0.2) is 5.76 Å². The zero-order chi connectivity index (χ0) is 14.4. The molecule has 1 heterocycles. The molecule has 2 amide bonds. The standard InChI is InChI=1S/C15H22N2O3/c1-11(17-15(19)13-8-5-9-20-13)14(18)16-10-12-6-3-2-4-7-12/h5,8-9,11-12H,2-4,6-7,10H2,1H3,(H,16,18)(H,17,19). The van der Waals surface area contributed by atoms with Crippen LogP contribution in [0.3, 0.4) is 0 Å². The minimum atomic E-state index is -0.559. The first kappa shape index (κ1) is 14.6. The molecule has 1 fully saturated rings. The van der Waals surface area contributed by atoms with Crippen molar-refractivity contribution in [2.24, 2.45) is 5.92 Å². The molecule has 20 heavy (non-hydrogen) atoms. The van der Waals surface area contributed by atoms with Crippen molar-refractivity contribution in [1.82, 2.24) is 10.6 Å². The van der Waals surface area contributed by atoms with Crippen LogP contribution in [0.4, 0.5) is 0 Å². The lowest BCUT2D eigenvalue weighted by Gasteiger charge is -2.22. The van der Waals surface area contributed by atoms with E-state index in [9.17, 15) is 9.59 Å². The van der Waals surface area contributed by atoms with E-state index in [2.05, 4.69) is 10.6 Å². The molecule has 5 heteroatoms. The van der Waals surface area contributed by atoms with E-state index in [1.54, 1.807) is 19.1 Å². The Labute approximate surface area is 119 Å². The quantitative estimate of drug-likeness (QED) is 0.866. The molecule has 1 atom stereocenters. The van der Waals surface area contributed by atoms with Crippen LogP contribution in [0.1, 0.15) is 49.6 Å². The molecule has 5 nitrogen and oxygen atoms in total. The Kier molecular flexibility index (Phi) is 5.21. The number of carbonyl (C=O) groups excluding carboxylic acids is 2. The van der Waals surface area contributed by atoms with Gasteiger partial charge in [-0.15, -0.1) is 0 Å². The lowest BCUT2D eigenvalue weighted by atomic mass is 9.89. The summed E-state index contributed by atoms with van der Waals surface area (Å²) in [5.41, 5.74) is 0. The van der Waals surface area contributed by atoms with Gasteiger partial charge in [-0.3, -0.25) is 9.59 Å². The van der Waals surface area contributed by atoms with Gasteiger partial charge >= 0.3 is 0 Å². The second-order valence-corrected chi connectivity index (χ2v) is 5.42. The topological polar surface area (TPSA) is 71.3 Å². The summed E-state index contributed by atoms with van der Waals surface area (Å²) in [7, 11) is 0. The van der Waals surface area contributed by atoms with E-state index in [1.165, 1.54) is 38.4 Å². The highest BCUT2D eigenvalue weighted by molar-refractivity contribution is 5.95. The zero-order valence-electron chi connectivity index (χ0n) is 11.9. The average molecular weight is 278 g/mol. The number of hydrogen-bond donors (Lipinski definition) is 2. The van der Waals surface area contributed by atoms with Crippen molar-refractivity contribution >= 4 is 11.8 Å². The molecule has 1 unspecified atom stereocenters. The van der Waals surface area contributed by atoms with Crippen LogP contribution in [0.2, 0.25) is 0 Å². The maximum atomic E-state index is 11.9. The van der Waals surface area contributed by atoms with Gasteiger partial charge in [0.2, 0.25) is 5.91 Å². The summed E-state index contributed by atoms with van der Waals surface area (Å²) >= 11 is 0. The van der Waals surface area contributed by atoms with Crippen molar-refractivity contribution < 1.29 is 14.0 Å². The summed E-state index contributed by atoms with van der Waals surface area (Å²) in [6, 6.07) is 2.65. The van der Waals surface area contributed by atoms with E-state index < -0.39 is 6.04 Å². The van der Waals surface area contributed by atoms with Gasteiger partial charge in [0.25, 0.3) is 5.91 Å². The maximum absolute atomic E-state index is 11.9. The number of carbonyl (C=O) groups is 2. The predicted octanol–water partition coefficient (Wildman–Crippen LogP) is 2.09. The highest BCUT2D eigenvalue weighted by Gasteiger charge is 2.19. The van der Waals surface area contributed by atoms with Gasteiger partial charge in [-0.25, -0.2) is 0 Å². The Bertz CT molecular complexity index is 436. The molecule has 0 aliphatic heterocycles. The fourth-order valence-corrected chi connectivity index (χ4v) is 2.53. The van der Waals surface area contributed by atoms with Crippen LogP contribution in [0.5, 0.6) is 0 Å². The summed E-state index contributed by atoms with van der Waals surface area (Å²) in [6.07, 6.45) is 7.63. The summed E-state index contributed by atoms with van der Waals surface area (Å²) in [4.78, 5) is 23.7. The first-order valence-electron chi connectivity index (χ1n) is 7.29. The summed E-state index contributed by atoms with van der Waals surface area (Å²) < 4.78 is 4.99. The largest absolute Gasteiger partial charge is 0.459 e. The molecule has 0 spiro atoms. The third kappa shape index (κ3) is 4.11. The zero-order valence-corrected chi connectivity index (χ0v) is 11.9. The molecule has 110 valence electrons. The van der Waals surface area contributed by atoms with E-state index in [0.717, 1.165) is 0 Å². The lowest BCUT2D eigenvalue weighted by molar-refractivity contribution is -0.122. The minimum Gasteiger partial charge on any atom is -0.459 e. The molecule has 2 N–H and O–H groups in total. The minimum absolute atomic E-state index is 0.143. The Morgan fingerprint density at radius 3 is 2.75 bits per heavy atom. The van der Waals surface area contributed by atoms with E-state index in [4.69, 9.17) is 4.42 Å². The van der Waals surface area contributed by atoms with Crippen molar-refractivity contribution in [1.29, 1.82) is 0 Å². The average Bonchev–Trinajstić information content (AvgIpc) is 3.00. The van der Waals surface area contributed by atoms with Crippen LogP contribution in [-0.4, -0.2) is 24.4 Å². The molecular weight excluding hydrogens is 256 g/mol. The number of amides is 2. The van der Waals surface area contributed by atoms with Crippen LogP contribution < -0.4 is 10.6 Å². The second kappa shape index (κ2) is 7.12. The number of furan rings is 1. The predicted molar refractivity (Wildman–Crippen MR) is 75.2 cm³/mol. The van der Waals surface area contributed by atoms with Crippen molar-refractivity contribution in [3.8, 4) is 0 Å². The van der Waals surface area contributed by atoms with E-state index in [-0.39, 0.29) is 17.6 Å². The normalized spacial score (nSPS) is 17.4. The van der Waals surface area contributed by atoms with E-state index in [1.807, 2.05) is 0 Å². The first-order valence-corrected chi connectivity index (χ1v) is 7.29. The van der Waals surface area contributed by atoms with Gasteiger partial charge in [0.05, 0.1) is 6.26 Å². The van der Waals surface area contributed by atoms with E-state index in [0.29, 0.717) is 12.5 Å². The van der Waals surface area contributed by atoms with Crippen molar-refractivity contribution in [2.75, 3.05) is 6.54 Å². The highest BCUT2D eigenvalue weighted by atomic mass is 16.3. The Morgan fingerprint density at radius 2 is 2.10 bits per heavy atom. The Hall–Kier alpha value is -1.78. The van der Waals surface area contributed by atoms with Crippen LogP contribution in [-0.2, 0) is 4.79 Å². The molecule has 0 aromatic carbocycles. The molecule has 1 aliphatic rings. The monoisotopic (exact) mass is 278 g/mol. The van der Waals surface area contributed by atoms with Crippen molar-refractivity contribution in [3.63, 3.8) is 0 Å². The van der Waals surface area contributed by atoms with Crippen LogP contribution >= 0.6 is 0 Å². The number of hydrogen-bond acceptors (Lipinski definition) is 3. The van der Waals surface area contributed by atoms with Crippen LogP contribution in [0.15, 0.2) is 22.8 Å². The van der Waals surface area contributed by atoms with Gasteiger partial charge in [-0.2, -0.15) is 0 Å². The Balaban J connectivity index is 1.72. The van der Waals surface area contributed by atoms with Gasteiger partial charge < -0.3 is 15.1 Å². The van der Waals surface area contributed by atoms with Gasteiger partial charge in [0.1, 0.15) is 6.04 Å².